The van der Waals surface area contributed by atoms with Gasteiger partial charge in [-0.05, 0) is 30.4 Å². The van der Waals surface area contributed by atoms with Crippen molar-refractivity contribution in [2.45, 2.75) is 31.2 Å². The number of hydrogen-bond donors (Lipinski definition) is 0. The Balaban J connectivity index is 1.78. The number of nitrogens with zero attached hydrogens (tertiary/aromatic N) is 1. The number of ether oxygens (including phenoxy) is 1. The summed E-state index contributed by atoms with van der Waals surface area (Å²) in [6, 6.07) is 10.2. The monoisotopic (exact) mass is 271 g/mol. The summed E-state index contributed by atoms with van der Waals surface area (Å²) in [6.07, 6.45) is 3.80. The third kappa shape index (κ3) is 1.63. The van der Waals surface area contributed by atoms with Crippen LogP contribution in [0.1, 0.15) is 30.6 Å². The number of carbonyl (C=O) groups excluding carboxylic acids is 1. The second-order valence-electron chi connectivity index (χ2n) is 5.19. The molecule has 2 aromatic rings. The van der Waals surface area contributed by atoms with E-state index in [1.807, 2.05) is 12.1 Å². The molecule has 1 fully saturated rings. The predicted octanol–water partition coefficient (Wildman–Crippen LogP) is 3.52. The van der Waals surface area contributed by atoms with Crippen LogP contribution in [-0.4, -0.2) is 17.4 Å². The SMILES string of the molecule is O=C1OC(c2cc3ccccc3s2)=NC12CCCC2. The highest BCUT2D eigenvalue weighted by molar-refractivity contribution is 7.20. The fraction of sp³-hybridized carbons (Fsp3) is 0.333. The van der Waals surface area contributed by atoms with Crippen LogP contribution < -0.4 is 0 Å². The molecule has 0 bridgehead atoms. The normalized spacial score (nSPS) is 21.1. The summed E-state index contributed by atoms with van der Waals surface area (Å²) in [5, 5.41) is 1.17. The van der Waals surface area contributed by atoms with Gasteiger partial charge in [0.15, 0.2) is 5.54 Å². The van der Waals surface area contributed by atoms with Crippen LogP contribution in [0.15, 0.2) is 35.3 Å². The van der Waals surface area contributed by atoms with Crippen LogP contribution in [-0.2, 0) is 9.53 Å². The third-order valence-electron chi connectivity index (χ3n) is 3.95. The van der Waals surface area contributed by atoms with Crippen LogP contribution in [0.3, 0.4) is 0 Å². The largest absolute Gasteiger partial charge is 0.404 e. The molecular weight excluding hydrogens is 258 g/mol. The van der Waals surface area contributed by atoms with Crippen LogP contribution in [0, 0.1) is 0 Å². The van der Waals surface area contributed by atoms with Gasteiger partial charge in [0.1, 0.15) is 0 Å². The maximum absolute atomic E-state index is 12.1. The molecule has 0 atom stereocenters. The quantitative estimate of drug-likeness (QED) is 0.744. The van der Waals surface area contributed by atoms with Gasteiger partial charge < -0.3 is 4.74 Å². The molecule has 2 heterocycles. The molecule has 19 heavy (non-hydrogen) atoms. The van der Waals surface area contributed by atoms with Gasteiger partial charge in [0, 0.05) is 4.70 Å². The van der Waals surface area contributed by atoms with Crippen molar-refractivity contribution in [2.75, 3.05) is 0 Å². The van der Waals surface area contributed by atoms with E-state index in [1.165, 1.54) is 10.1 Å². The summed E-state index contributed by atoms with van der Waals surface area (Å²) in [7, 11) is 0. The summed E-state index contributed by atoms with van der Waals surface area (Å²) in [5.41, 5.74) is -0.564. The van der Waals surface area contributed by atoms with E-state index in [9.17, 15) is 4.79 Å². The number of benzene rings is 1. The van der Waals surface area contributed by atoms with E-state index in [4.69, 9.17) is 4.74 Å². The molecular formula is C15H13NO2S. The summed E-state index contributed by atoms with van der Waals surface area (Å²) >= 11 is 1.63. The number of fused-ring (bicyclic) bond motifs is 1. The highest BCUT2D eigenvalue weighted by atomic mass is 32.1. The number of carbonyl (C=O) groups is 1. The zero-order valence-electron chi connectivity index (χ0n) is 10.4. The first-order valence-corrected chi connectivity index (χ1v) is 7.40. The average molecular weight is 271 g/mol. The van der Waals surface area contributed by atoms with Gasteiger partial charge in [0.2, 0.25) is 5.90 Å². The Kier molecular flexibility index (Phi) is 2.30. The van der Waals surface area contributed by atoms with Gasteiger partial charge in [-0.3, -0.25) is 0 Å². The van der Waals surface area contributed by atoms with Crippen molar-refractivity contribution in [3.63, 3.8) is 0 Å². The molecule has 0 N–H and O–H groups in total. The van der Waals surface area contributed by atoms with Gasteiger partial charge in [-0.25, -0.2) is 9.79 Å². The number of esters is 1. The van der Waals surface area contributed by atoms with Gasteiger partial charge in [0.05, 0.1) is 4.88 Å². The molecule has 1 aromatic carbocycles. The van der Waals surface area contributed by atoms with Crippen LogP contribution in [0.25, 0.3) is 10.1 Å². The van der Waals surface area contributed by atoms with E-state index >= 15 is 0 Å². The Hall–Kier alpha value is -1.68. The van der Waals surface area contributed by atoms with Gasteiger partial charge >= 0.3 is 5.97 Å². The predicted molar refractivity (Wildman–Crippen MR) is 75.7 cm³/mol. The molecule has 0 saturated heterocycles. The molecule has 1 spiro atoms. The lowest BCUT2D eigenvalue weighted by atomic mass is 10.00. The molecule has 1 aliphatic heterocycles. The first-order chi connectivity index (χ1) is 9.27. The molecule has 4 heteroatoms. The maximum Gasteiger partial charge on any atom is 0.340 e. The van der Waals surface area contributed by atoms with Gasteiger partial charge in [-0.1, -0.05) is 31.0 Å². The fourth-order valence-corrected chi connectivity index (χ4v) is 3.90. The smallest absolute Gasteiger partial charge is 0.340 e. The van der Waals surface area contributed by atoms with E-state index < -0.39 is 5.54 Å². The van der Waals surface area contributed by atoms with Crippen molar-refractivity contribution >= 4 is 33.3 Å². The van der Waals surface area contributed by atoms with Gasteiger partial charge in [0.25, 0.3) is 0 Å². The third-order valence-corrected chi connectivity index (χ3v) is 5.06. The summed E-state index contributed by atoms with van der Waals surface area (Å²) in [4.78, 5) is 17.6. The molecule has 0 amide bonds. The topological polar surface area (TPSA) is 38.7 Å². The molecule has 1 aromatic heterocycles. The Morgan fingerprint density at radius 2 is 2.00 bits per heavy atom. The van der Waals surface area contributed by atoms with E-state index in [0.717, 1.165) is 30.6 Å². The summed E-state index contributed by atoms with van der Waals surface area (Å²) in [5.74, 6) is 0.366. The van der Waals surface area contributed by atoms with E-state index in [0.29, 0.717) is 5.90 Å². The lowest BCUT2D eigenvalue weighted by molar-refractivity contribution is -0.138. The van der Waals surface area contributed by atoms with Crippen molar-refractivity contribution < 1.29 is 9.53 Å². The highest BCUT2D eigenvalue weighted by Crippen LogP contribution is 2.39. The summed E-state index contributed by atoms with van der Waals surface area (Å²) < 4.78 is 6.63. The minimum absolute atomic E-state index is 0.155. The molecule has 96 valence electrons. The van der Waals surface area contributed by atoms with Crippen LogP contribution in [0.2, 0.25) is 0 Å². The van der Waals surface area contributed by atoms with E-state index in [2.05, 4.69) is 23.2 Å². The first-order valence-electron chi connectivity index (χ1n) is 6.58. The van der Waals surface area contributed by atoms with Crippen LogP contribution in [0.5, 0.6) is 0 Å². The standard InChI is InChI=1S/C15H13NO2S/c17-14-15(7-3-4-8-15)16-13(18-14)12-9-10-5-1-2-6-11(10)19-12/h1-2,5-6,9H,3-4,7-8H2. The van der Waals surface area contributed by atoms with E-state index in [-0.39, 0.29) is 5.97 Å². The first kappa shape index (κ1) is 11.2. The molecule has 2 aliphatic rings. The fourth-order valence-electron chi connectivity index (χ4n) is 2.91. The van der Waals surface area contributed by atoms with Gasteiger partial charge in [-0.15, -0.1) is 11.3 Å². The van der Waals surface area contributed by atoms with Crippen molar-refractivity contribution in [1.82, 2.24) is 0 Å². The zero-order valence-corrected chi connectivity index (χ0v) is 11.2. The molecule has 1 aliphatic carbocycles. The van der Waals surface area contributed by atoms with Crippen molar-refractivity contribution in [1.29, 1.82) is 0 Å². The highest BCUT2D eigenvalue weighted by Gasteiger charge is 2.48. The molecule has 4 rings (SSSR count). The lowest BCUT2D eigenvalue weighted by Crippen LogP contribution is -2.29. The van der Waals surface area contributed by atoms with Crippen LogP contribution >= 0.6 is 11.3 Å². The number of rotatable bonds is 1. The number of cyclic esters (lactones) is 1. The Morgan fingerprint density at radius 3 is 2.79 bits per heavy atom. The van der Waals surface area contributed by atoms with Crippen molar-refractivity contribution in [3.05, 3.63) is 35.2 Å². The Labute approximate surface area is 114 Å². The molecule has 3 nitrogen and oxygen atoms in total. The molecule has 1 saturated carbocycles. The summed E-state index contributed by atoms with van der Waals surface area (Å²) in [6.45, 7) is 0. The number of thiophene rings is 1. The Morgan fingerprint density at radius 1 is 1.21 bits per heavy atom. The Bertz CT molecular complexity index is 662. The maximum atomic E-state index is 12.1. The average Bonchev–Trinajstić information content (AvgIpc) is 3.11. The number of aliphatic imine (C=N–C) groups is 1. The van der Waals surface area contributed by atoms with Crippen molar-refractivity contribution in [2.24, 2.45) is 4.99 Å². The number of hydrogen-bond acceptors (Lipinski definition) is 4. The lowest BCUT2D eigenvalue weighted by Gasteiger charge is -2.12. The zero-order chi connectivity index (χ0) is 12.9. The van der Waals surface area contributed by atoms with E-state index in [1.54, 1.807) is 11.3 Å². The minimum atomic E-state index is -0.564. The molecule has 0 radical (unpaired) electrons. The van der Waals surface area contributed by atoms with Crippen LogP contribution in [0.4, 0.5) is 0 Å². The van der Waals surface area contributed by atoms with Crippen molar-refractivity contribution in [3.8, 4) is 0 Å². The minimum Gasteiger partial charge on any atom is -0.404 e. The second kappa shape index (κ2) is 3.90. The van der Waals surface area contributed by atoms with Gasteiger partial charge in [-0.2, -0.15) is 0 Å². The second-order valence-corrected chi connectivity index (χ2v) is 6.28. The molecule has 0 unspecified atom stereocenters.